The molecule has 1 aliphatic heterocycles. The summed E-state index contributed by atoms with van der Waals surface area (Å²) in [6.45, 7) is 9.86. The number of cyclic esters (lactones) is 1. The van der Waals surface area contributed by atoms with E-state index < -0.39 is 35.6 Å². The first kappa shape index (κ1) is 29.7. The summed E-state index contributed by atoms with van der Waals surface area (Å²) in [4.78, 5) is 33.1. The molecule has 0 amide bonds. The molecule has 8 nitrogen and oxygen atoms in total. The first-order valence-corrected chi connectivity index (χ1v) is 14.4. The predicted molar refractivity (Wildman–Crippen MR) is 149 cm³/mol. The smallest absolute Gasteiger partial charge is 0.309 e. The zero-order valence-corrected chi connectivity index (χ0v) is 24.6. The molecule has 2 heterocycles. The van der Waals surface area contributed by atoms with E-state index in [0.29, 0.717) is 30.4 Å². The Bertz CT molecular complexity index is 1190. The highest BCUT2D eigenvalue weighted by atomic mass is 16.5. The number of oxazole rings is 1. The van der Waals surface area contributed by atoms with Crippen LogP contribution in [0.4, 0.5) is 0 Å². The minimum absolute atomic E-state index is 0.0325. The van der Waals surface area contributed by atoms with E-state index in [-0.39, 0.29) is 23.5 Å². The first-order chi connectivity index (χ1) is 18.2. The number of ether oxygens (including phenoxy) is 1. The number of aromatic nitrogens is 1. The van der Waals surface area contributed by atoms with E-state index in [4.69, 9.17) is 9.15 Å². The van der Waals surface area contributed by atoms with Crippen LogP contribution in [-0.2, 0) is 20.9 Å². The number of carbonyl (C=O) groups is 2. The van der Waals surface area contributed by atoms with Crippen molar-refractivity contribution in [2.24, 2.45) is 28.6 Å². The Morgan fingerprint density at radius 3 is 2.54 bits per heavy atom. The van der Waals surface area contributed by atoms with Gasteiger partial charge in [-0.2, -0.15) is 0 Å². The van der Waals surface area contributed by atoms with Gasteiger partial charge in [0, 0.05) is 5.92 Å². The van der Waals surface area contributed by atoms with Crippen LogP contribution in [0.25, 0.3) is 11.1 Å². The standard InChI is InChI=1S/C31H46N2O6/c1-18-9-8-12-31(5)16-21(31)14-24(20-10-11-23-22(13-20)32-26(38-23)17-33(6)7)39-27(35)15-25(34)30(3,4)29(37)19(2)28(18)36/h10-11,13,18-19,21,24-25,28,34,36H,8-9,12,14-17H2,1-7H3/t18-,19+,21+,24-,25-,28-,31-/m0/s1. The quantitative estimate of drug-likeness (QED) is 0.518. The molecule has 1 saturated carbocycles. The lowest BCUT2D eigenvalue weighted by Crippen LogP contribution is -2.45. The summed E-state index contributed by atoms with van der Waals surface area (Å²) in [5.74, 6) is -0.432. The van der Waals surface area contributed by atoms with Gasteiger partial charge in [-0.3, -0.25) is 9.59 Å². The van der Waals surface area contributed by atoms with Crippen molar-refractivity contribution in [1.82, 2.24) is 9.88 Å². The van der Waals surface area contributed by atoms with Gasteiger partial charge in [0.2, 0.25) is 5.89 Å². The lowest BCUT2D eigenvalue weighted by Gasteiger charge is -2.34. The number of benzene rings is 1. The van der Waals surface area contributed by atoms with Gasteiger partial charge in [-0.15, -0.1) is 0 Å². The second-order valence-corrected chi connectivity index (χ2v) is 13.3. The number of nitrogens with zero attached hydrogens (tertiary/aromatic N) is 2. The van der Waals surface area contributed by atoms with Crippen LogP contribution < -0.4 is 0 Å². The number of hydrogen-bond acceptors (Lipinski definition) is 8. The fraction of sp³-hybridized carbons (Fsp3) is 0.710. The highest BCUT2D eigenvalue weighted by Gasteiger charge is 2.50. The van der Waals surface area contributed by atoms with Crippen molar-refractivity contribution in [3.8, 4) is 0 Å². The maximum atomic E-state index is 13.3. The van der Waals surface area contributed by atoms with Crippen molar-refractivity contribution in [3.63, 3.8) is 0 Å². The van der Waals surface area contributed by atoms with E-state index in [9.17, 15) is 19.8 Å². The van der Waals surface area contributed by atoms with E-state index in [1.54, 1.807) is 20.8 Å². The normalized spacial score (nSPS) is 34.6. The van der Waals surface area contributed by atoms with Crippen molar-refractivity contribution in [2.45, 2.75) is 98.0 Å². The second kappa shape index (κ2) is 11.3. The van der Waals surface area contributed by atoms with Gasteiger partial charge in [-0.1, -0.05) is 47.1 Å². The Morgan fingerprint density at radius 1 is 1.13 bits per heavy atom. The Kier molecular flexibility index (Phi) is 8.60. The van der Waals surface area contributed by atoms with Gasteiger partial charge in [-0.05, 0) is 74.7 Å². The fourth-order valence-electron chi connectivity index (χ4n) is 6.24. The third-order valence-corrected chi connectivity index (χ3v) is 9.33. The monoisotopic (exact) mass is 542 g/mol. The minimum Gasteiger partial charge on any atom is -0.457 e. The summed E-state index contributed by atoms with van der Waals surface area (Å²) in [6.07, 6.45) is 1.76. The molecule has 1 saturated heterocycles. The molecule has 0 radical (unpaired) electrons. The molecule has 2 aliphatic rings. The van der Waals surface area contributed by atoms with Crippen molar-refractivity contribution < 1.29 is 29.0 Å². The molecule has 0 spiro atoms. The molecule has 1 aromatic carbocycles. The molecule has 0 bridgehead atoms. The molecule has 4 rings (SSSR count). The number of Topliss-reactive ketones (excluding diaryl/α,β-unsaturated/α-hetero) is 1. The number of carbonyl (C=O) groups excluding carboxylic acids is 2. The number of ketones is 1. The lowest BCUT2D eigenvalue weighted by molar-refractivity contribution is -0.156. The van der Waals surface area contributed by atoms with E-state index in [2.05, 4.69) is 11.9 Å². The highest BCUT2D eigenvalue weighted by molar-refractivity contribution is 5.88. The summed E-state index contributed by atoms with van der Waals surface area (Å²) < 4.78 is 11.9. The third-order valence-electron chi connectivity index (χ3n) is 9.33. The molecule has 216 valence electrons. The summed E-state index contributed by atoms with van der Waals surface area (Å²) in [6, 6.07) is 5.74. The number of esters is 1. The topological polar surface area (TPSA) is 113 Å². The number of hydrogen-bond donors (Lipinski definition) is 2. The van der Waals surface area contributed by atoms with Gasteiger partial charge in [-0.25, -0.2) is 4.98 Å². The van der Waals surface area contributed by atoms with E-state index in [1.165, 1.54) is 0 Å². The molecule has 8 heteroatoms. The number of rotatable bonds is 3. The third kappa shape index (κ3) is 6.55. The van der Waals surface area contributed by atoms with Gasteiger partial charge < -0.3 is 24.3 Å². The van der Waals surface area contributed by atoms with Gasteiger partial charge in [0.15, 0.2) is 5.58 Å². The van der Waals surface area contributed by atoms with Crippen LogP contribution in [0.1, 0.15) is 90.7 Å². The van der Waals surface area contributed by atoms with E-state index in [0.717, 1.165) is 36.8 Å². The van der Waals surface area contributed by atoms with Crippen molar-refractivity contribution in [1.29, 1.82) is 0 Å². The number of fused-ring (bicyclic) bond motifs is 2. The molecule has 0 unspecified atom stereocenters. The van der Waals surface area contributed by atoms with Crippen LogP contribution in [0.15, 0.2) is 22.6 Å². The average molecular weight is 543 g/mol. The molecule has 2 fully saturated rings. The van der Waals surface area contributed by atoms with Gasteiger partial charge >= 0.3 is 5.97 Å². The Hall–Kier alpha value is -2.29. The molecule has 1 aliphatic carbocycles. The van der Waals surface area contributed by atoms with E-state index >= 15 is 0 Å². The molecular formula is C31H46N2O6. The first-order valence-electron chi connectivity index (χ1n) is 14.4. The zero-order chi connectivity index (χ0) is 28.7. The lowest BCUT2D eigenvalue weighted by atomic mass is 9.73. The summed E-state index contributed by atoms with van der Waals surface area (Å²) in [5, 5.41) is 21.9. The van der Waals surface area contributed by atoms with Crippen molar-refractivity contribution in [2.75, 3.05) is 14.1 Å². The summed E-state index contributed by atoms with van der Waals surface area (Å²) in [7, 11) is 3.91. The van der Waals surface area contributed by atoms with Crippen LogP contribution in [-0.4, -0.2) is 58.2 Å². The molecule has 2 aromatic rings. The average Bonchev–Trinajstić information content (AvgIpc) is 3.31. The second-order valence-electron chi connectivity index (χ2n) is 13.3. The van der Waals surface area contributed by atoms with Crippen molar-refractivity contribution >= 4 is 22.9 Å². The summed E-state index contributed by atoms with van der Waals surface area (Å²) >= 11 is 0. The maximum Gasteiger partial charge on any atom is 0.309 e. The Labute approximate surface area is 232 Å². The van der Waals surface area contributed by atoms with Crippen LogP contribution in [0.5, 0.6) is 0 Å². The fourth-order valence-corrected chi connectivity index (χ4v) is 6.24. The highest BCUT2D eigenvalue weighted by Crippen LogP contribution is 2.59. The van der Waals surface area contributed by atoms with Gasteiger partial charge in [0.05, 0.1) is 30.6 Å². The largest absolute Gasteiger partial charge is 0.457 e. The van der Waals surface area contributed by atoms with Crippen LogP contribution >= 0.6 is 0 Å². The predicted octanol–water partition coefficient (Wildman–Crippen LogP) is 5.05. The molecular weight excluding hydrogens is 496 g/mol. The maximum absolute atomic E-state index is 13.3. The molecule has 39 heavy (non-hydrogen) atoms. The van der Waals surface area contributed by atoms with Crippen LogP contribution in [0, 0.1) is 28.6 Å². The van der Waals surface area contributed by atoms with E-state index in [1.807, 2.05) is 44.1 Å². The summed E-state index contributed by atoms with van der Waals surface area (Å²) in [5.41, 5.74) is 1.22. The number of aliphatic hydroxyl groups is 2. The van der Waals surface area contributed by atoms with Crippen LogP contribution in [0.3, 0.4) is 0 Å². The van der Waals surface area contributed by atoms with Crippen molar-refractivity contribution in [3.05, 3.63) is 29.7 Å². The minimum atomic E-state index is -1.23. The van der Waals surface area contributed by atoms with Crippen LogP contribution in [0.2, 0.25) is 0 Å². The number of aliphatic hydroxyl groups excluding tert-OH is 2. The SMILES string of the molecule is C[C@H]1CCC[C@@]2(C)C[C@H]2C[C@@H](c2ccc3oc(CN(C)C)nc3c2)OC(=O)C[C@H](O)C(C)(C)C(=O)[C@H](C)[C@H]1O. The molecule has 7 atom stereocenters. The Balaban J connectivity index is 1.61. The Morgan fingerprint density at radius 2 is 1.85 bits per heavy atom. The zero-order valence-electron chi connectivity index (χ0n) is 24.6. The molecule has 1 aromatic heterocycles. The molecule has 2 N–H and O–H groups in total. The van der Waals surface area contributed by atoms with Gasteiger partial charge in [0.25, 0.3) is 0 Å². The van der Waals surface area contributed by atoms with Gasteiger partial charge in [0.1, 0.15) is 17.4 Å².